The van der Waals surface area contributed by atoms with Crippen LogP contribution in [0.15, 0.2) is 48.8 Å². The van der Waals surface area contributed by atoms with Crippen molar-refractivity contribution in [1.82, 2.24) is 15.0 Å². The number of hydrogen-bond donors (Lipinski definition) is 2. The summed E-state index contributed by atoms with van der Waals surface area (Å²) in [6, 6.07) is 11.5. The van der Waals surface area contributed by atoms with Crippen LogP contribution in [-0.4, -0.2) is 21.0 Å². The SMILES string of the molecule is Clc1ccc(Nc2cc(-c3ccncc3)nc(NC3CCCC3)n2)c(Cl)c1. The van der Waals surface area contributed by atoms with Gasteiger partial charge in [0.25, 0.3) is 0 Å². The van der Waals surface area contributed by atoms with Crippen LogP contribution < -0.4 is 10.6 Å². The predicted molar refractivity (Wildman–Crippen MR) is 111 cm³/mol. The maximum Gasteiger partial charge on any atom is 0.225 e. The first-order valence-electron chi connectivity index (χ1n) is 8.95. The Kier molecular flexibility index (Phi) is 5.41. The molecule has 1 saturated carbocycles. The number of hydrogen-bond acceptors (Lipinski definition) is 5. The van der Waals surface area contributed by atoms with Crippen molar-refractivity contribution in [1.29, 1.82) is 0 Å². The lowest BCUT2D eigenvalue weighted by molar-refractivity contribution is 0.744. The fourth-order valence-corrected chi connectivity index (χ4v) is 3.68. The number of anilines is 3. The van der Waals surface area contributed by atoms with Crippen molar-refractivity contribution in [3.05, 3.63) is 58.8 Å². The van der Waals surface area contributed by atoms with E-state index in [9.17, 15) is 0 Å². The van der Waals surface area contributed by atoms with Crippen molar-refractivity contribution in [2.75, 3.05) is 10.6 Å². The molecule has 1 aliphatic carbocycles. The van der Waals surface area contributed by atoms with Crippen LogP contribution in [0.3, 0.4) is 0 Å². The minimum atomic E-state index is 0.421. The van der Waals surface area contributed by atoms with Crippen molar-refractivity contribution >= 4 is 40.7 Å². The van der Waals surface area contributed by atoms with Crippen LogP contribution in [0.2, 0.25) is 10.0 Å². The third kappa shape index (κ3) is 4.49. The molecule has 7 heteroatoms. The first-order chi connectivity index (χ1) is 13.2. The van der Waals surface area contributed by atoms with Gasteiger partial charge in [-0.3, -0.25) is 4.98 Å². The zero-order chi connectivity index (χ0) is 18.6. The average Bonchev–Trinajstić information content (AvgIpc) is 3.18. The summed E-state index contributed by atoms with van der Waals surface area (Å²) in [7, 11) is 0. The number of rotatable bonds is 5. The normalized spacial score (nSPS) is 14.3. The van der Waals surface area contributed by atoms with Gasteiger partial charge in [0.2, 0.25) is 5.95 Å². The van der Waals surface area contributed by atoms with Gasteiger partial charge in [-0.15, -0.1) is 0 Å². The Bertz CT molecular complexity index is 927. The van der Waals surface area contributed by atoms with Gasteiger partial charge in [-0.25, -0.2) is 4.98 Å². The molecule has 0 radical (unpaired) electrons. The molecule has 5 nitrogen and oxygen atoms in total. The van der Waals surface area contributed by atoms with Crippen LogP contribution in [-0.2, 0) is 0 Å². The monoisotopic (exact) mass is 399 g/mol. The molecule has 1 fully saturated rings. The molecule has 0 spiro atoms. The molecule has 0 unspecified atom stereocenters. The van der Waals surface area contributed by atoms with E-state index < -0.39 is 0 Å². The van der Waals surface area contributed by atoms with Gasteiger partial charge in [0.1, 0.15) is 5.82 Å². The second kappa shape index (κ2) is 8.11. The molecule has 27 heavy (non-hydrogen) atoms. The van der Waals surface area contributed by atoms with Crippen LogP contribution in [0, 0.1) is 0 Å². The summed E-state index contributed by atoms with van der Waals surface area (Å²) in [6.07, 6.45) is 8.29. The van der Waals surface area contributed by atoms with Gasteiger partial charge >= 0.3 is 0 Å². The average molecular weight is 400 g/mol. The Morgan fingerprint density at radius 1 is 0.926 bits per heavy atom. The smallest absolute Gasteiger partial charge is 0.225 e. The first-order valence-corrected chi connectivity index (χ1v) is 9.71. The Morgan fingerprint density at radius 2 is 1.70 bits per heavy atom. The highest BCUT2D eigenvalue weighted by molar-refractivity contribution is 6.36. The quantitative estimate of drug-likeness (QED) is 0.555. The van der Waals surface area contributed by atoms with Crippen molar-refractivity contribution in [2.24, 2.45) is 0 Å². The Morgan fingerprint density at radius 3 is 2.44 bits per heavy atom. The number of benzene rings is 1. The number of halogens is 2. The number of aromatic nitrogens is 3. The number of nitrogens with zero attached hydrogens (tertiary/aromatic N) is 3. The predicted octanol–water partition coefficient (Wildman–Crippen LogP) is 5.94. The fraction of sp³-hybridized carbons (Fsp3) is 0.250. The minimum absolute atomic E-state index is 0.421. The summed E-state index contributed by atoms with van der Waals surface area (Å²) in [5.41, 5.74) is 2.54. The molecule has 4 rings (SSSR count). The van der Waals surface area contributed by atoms with Crippen LogP contribution in [0.5, 0.6) is 0 Å². The molecule has 2 heterocycles. The summed E-state index contributed by atoms with van der Waals surface area (Å²) in [6.45, 7) is 0. The van der Waals surface area contributed by atoms with Crippen molar-refractivity contribution in [3.8, 4) is 11.3 Å². The van der Waals surface area contributed by atoms with E-state index in [0.29, 0.717) is 27.9 Å². The second-order valence-corrected chi connectivity index (χ2v) is 7.42. The molecule has 138 valence electrons. The Labute approximate surface area is 168 Å². The molecule has 3 aromatic rings. The van der Waals surface area contributed by atoms with E-state index in [2.05, 4.69) is 20.6 Å². The lowest BCUT2D eigenvalue weighted by Gasteiger charge is -2.15. The fourth-order valence-electron chi connectivity index (χ4n) is 3.23. The maximum absolute atomic E-state index is 6.30. The Hall–Kier alpha value is -2.37. The van der Waals surface area contributed by atoms with Gasteiger partial charge in [-0.1, -0.05) is 36.0 Å². The van der Waals surface area contributed by atoms with E-state index in [1.54, 1.807) is 24.5 Å². The van der Waals surface area contributed by atoms with E-state index in [-0.39, 0.29) is 0 Å². The molecule has 0 aliphatic heterocycles. The molecule has 2 N–H and O–H groups in total. The largest absolute Gasteiger partial charge is 0.351 e. The highest BCUT2D eigenvalue weighted by Crippen LogP contribution is 2.30. The topological polar surface area (TPSA) is 62.7 Å². The minimum Gasteiger partial charge on any atom is -0.351 e. The molecule has 0 amide bonds. The van der Waals surface area contributed by atoms with Crippen LogP contribution in [0.1, 0.15) is 25.7 Å². The zero-order valence-corrected chi connectivity index (χ0v) is 16.1. The zero-order valence-electron chi connectivity index (χ0n) is 14.6. The highest BCUT2D eigenvalue weighted by atomic mass is 35.5. The molecule has 0 atom stereocenters. The molecular formula is C20H19Cl2N5. The van der Waals surface area contributed by atoms with E-state index in [1.165, 1.54) is 12.8 Å². The highest BCUT2D eigenvalue weighted by Gasteiger charge is 2.17. The van der Waals surface area contributed by atoms with Gasteiger partial charge in [-0.05, 0) is 43.2 Å². The van der Waals surface area contributed by atoms with Crippen molar-refractivity contribution < 1.29 is 0 Å². The van der Waals surface area contributed by atoms with Gasteiger partial charge in [0, 0.05) is 35.1 Å². The van der Waals surface area contributed by atoms with E-state index >= 15 is 0 Å². The molecular weight excluding hydrogens is 381 g/mol. The molecule has 1 aromatic carbocycles. The summed E-state index contributed by atoms with van der Waals surface area (Å²) < 4.78 is 0. The third-order valence-electron chi connectivity index (χ3n) is 4.58. The van der Waals surface area contributed by atoms with Gasteiger partial charge in [0.05, 0.1) is 16.4 Å². The lowest BCUT2D eigenvalue weighted by atomic mass is 10.2. The molecule has 1 aliphatic rings. The van der Waals surface area contributed by atoms with Crippen molar-refractivity contribution in [3.63, 3.8) is 0 Å². The maximum atomic E-state index is 6.30. The third-order valence-corrected chi connectivity index (χ3v) is 5.13. The lowest BCUT2D eigenvalue weighted by Crippen LogP contribution is -2.17. The van der Waals surface area contributed by atoms with Gasteiger partial charge in [-0.2, -0.15) is 4.98 Å². The second-order valence-electron chi connectivity index (χ2n) is 6.57. The number of pyridine rings is 1. The van der Waals surface area contributed by atoms with Gasteiger partial charge < -0.3 is 10.6 Å². The van der Waals surface area contributed by atoms with Crippen molar-refractivity contribution in [2.45, 2.75) is 31.7 Å². The van der Waals surface area contributed by atoms with E-state index in [1.807, 2.05) is 24.3 Å². The summed E-state index contributed by atoms with van der Waals surface area (Å²) in [5.74, 6) is 1.28. The standard InChI is InChI=1S/C20H19Cl2N5/c21-14-5-6-17(16(22)11-14)25-19-12-18(13-7-9-23-10-8-13)26-20(27-19)24-15-3-1-2-4-15/h5-12,15H,1-4H2,(H2,24,25,26,27). The number of nitrogens with one attached hydrogen (secondary N) is 2. The van der Waals surface area contributed by atoms with E-state index in [0.717, 1.165) is 29.8 Å². The molecule has 0 bridgehead atoms. The van der Waals surface area contributed by atoms with Gasteiger partial charge in [0.15, 0.2) is 0 Å². The first kappa shape index (κ1) is 18.0. The molecule has 0 saturated heterocycles. The van der Waals surface area contributed by atoms with Crippen LogP contribution >= 0.6 is 23.2 Å². The summed E-state index contributed by atoms with van der Waals surface area (Å²) in [4.78, 5) is 13.4. The summed E-state index contributed by atoms with van der Waals surface area (Å²) >= 11 is 12.3. The summed E-state index contributed by atoms with van der Waals surface area (Å²) in [5, 5.41) is 7.88. The van der Waals surface area contributed by atoms with E-state index in [4.69, 9.17) is 28.2 Å². The van der Waals surface area contributed by atoms with Crippen LogP contribution in [0.4, 0.5) is 17.5 Å². The van der Waals surface area contributed by atoms with Crippen LogP contribution in [0.25, 0.3) is 11.3 Å². The Balaban J connectivity index is 1.68. The molecule has 2 aromatic heterocycles.